The highest BCUT2D eigenvalue weighted by atomic mass is 127. The number of benzene rings is 6. The van der Waals surface area contributed by atoms with Crippen molar-refractivity contribution in [1.82, 2.24) is 44.9 Å². The van der Waals surface area contributed by atoms with Crippen molar-refractivity contribution >= 4 is 125 Å². The number of pyridine rings is 3. The number of aromatic hydroxyl groups is 3. The predicted molar refractivity (Wildman–Crippen MR) is 389 cm³/mol. The number of nitrogens with one attached hydrogen (secondary N) is 5. The minimum absolute atomic E-state index is 0.00509. The fourth-order valence-corrected chi connectivity index (χ4v) is 10.2. The Morgan fingerprint density at radius 1 is 0.443 bits per heavy atom. The van der Waals surface area contributed by atoms with Gasteiger partial charge in [-0.25, -0.2) is 43.1 Å². The smallest absolute Gasteiger partial charge is 0.335 e. The molecule has 0 atom stereocenters. The van der Waals surface area contributed by atoms with Gasteiger partial charge in [0.25, 0.3) is 11.8 Å². The molecule has 11 N–H and O–H groups in total. The lowest BCUT2D eigenvalue weighted by Gasteiger charge is -2.12. The number of phenolic OH excluding ortho intramolecular Hbond substituents is 3. The number of phenols is 3. The number of carboxylic acid groups (broad SMARTS) is 1. The minimum atomic E-state index is -3.60. The Kier molecular flexibility index (Phi) is 23.4. The number of anilines is 9. The number of rotatable bonds is 15. The van der Waals surface area contributed by atoms with E-state index in [4.69, 9.17) is 15.9 Å². The molecule has 2 amide bonds. The summed E-state index contributed by atoms with van der Waals surface area (Å²) < 4.78 is 24.7. The van der Waals surface area contributed by atoms with Crippen LogP contribution in [-0.2, 0) is 9.84 Å². The summed E-state index contributed by atoms with van der Waals surface area (Å²) in [6.45, 7) is 5.86. The molecule has 0 radical (unpaired) electrons. The normalized spacial score (nSPS) is 10.6. The van der Waals surface area contributed by atoms with Gasteiger partial charge in [0.1, 0.15) is 22.1 Å². The lowest BCUT2D eigenvalue weighted by molar-refractivity contribution is 0.0695. The molecule has 24 nitrogen and oxygen atoms in total. The van der Waals surface area contributed by atoms with Crippen LogP contribution in [0.5, 0.6) is 17.2 Å². The molecule has 0 aliphatic rings. The van der Waals surface area contributed by atoms with Crippen molar-refractivity contribution in [2.75, 3.05) is 38.6 Å². The molecule has 0 saturated heterocycles. The number of nitrogens with zero attached hydrogens (tertiary/aromatic N) is 9. The summed E-state index contributed by atoms with van der Waals surface area (Å²) in [5, 5.41) is 52.6. The lowest BCUT2D eigenvalue weighted by Crippen LogP contribution is -2.12. The third kappa shape index (κ3) is 19.8. The van der Waals surface area contributed by atoms with Crippen molar-refractivity contribution in [3.8, 4) is 51.0 Å². The van der Waals surface area contributed by atoms with E-state index < -0.39 is 27.5 Å². The number of halogens is 2. The number of carbonyl (C=O) groups excluding carboxylic acids is 2. The molecule has 6 heterocycles. The Bertz CT molecular complexity index is 4930. The zero-order valence-electron chi connectivity index (χ0n) is 51.9. The minimum Gasteiger partial charge on any atom is -0.507 e. The van der Waals surface area contributed by atoms with E-state index >= 15 is 0 Å². The molecular weight excluding hydrogens is 1480 g/mol. The number of nitrogen functional groups attached to an aromatic ring is 1. The average Bonchev–Trinajstić information content (AvgIpc) is 1.30. The maximum atomic E-state index is 12.7. The van der Waals surface area contributed by atoms with Gasteiger partial charge in [0.2, 0.25) is 17.8 Å². The summed E-state index contributed by atoms with van der Waals surface area (Å²) >= 11 is 3.93. The van der Waals surface area contributed by atoms with Crippen molar-refractivity contribution in [3.05, 3.63) is 260 Å². The first-order chi connectivity index (χ1) is 46.5. The number of nitrogens with two attached hydrogens (primary N) is 1. The van der Waals surface area contributed by atoms with Gasteiger partial charge >= 0.3 is 5.97 Å². The van der Waals surface area contributed by atoms with Crippen molar-refractivity contribution in [1.29, 1.82) is 0 Å². The van der Waals surface area contributed by atoms with E-state index in [9.17, 15) is 33.0 Å². The van der Waals surface area contributed by atoms with E-state index in [1.807, 2.05) is 157 Å². The largest absolute Gasteiger partial charge is 0.507 e. The van der Waals surface area contributed by atoms with Crippen molar-refractivity contribution in [2.24, 2.45) is 0 Å². The zero-order valence-corrected chi connectivity index (χ0v) is 57.0. The van der Waals surface area contributed by atoms with E-state index in [1.54, 1.807) is 92.2 Å². The lowest BCUT2D eigenvalue weighted by atomic mass is 10.1. The number of aromatic carboxylic acids is 1. The van der Waals surface area contributed by atoms with E-state index in [0.29, 0.717) is 59.0 Å². The van der Waals surface area contributed by atoms with Gasteiger partial charge in [-0.1, -0.05) is 18.2 Å². The van der Waals surface area contributed by atoms with E-state index in [2.05, 4.69) is 71.4 Å². The van der Waals surface area contributed by atoms with Crippen LogP contribution in [0, 0.1) is 27.9 Å². The molecule has 0 saturated carbocycles. The molecule has 0 aliphatic heterocycles. The molecule has 0 fully saturated rings. The number of carbonyl (C=O) groups is 3. The summed E-state index contributed by atoms with van der Waals surface area (Å²) in [4.78, 5) is 74.1. The van der Waals surface area contributed by atoms with Gasteiger partial charge in [-0.15, -0.1) is 0 Å². The zero-order chi connectivity index (χ0) is 69.2. The molecule has 0 bridgehead atoms. The van der Waals surface area contributed by atoms with Gasteiger partial charge in [0, 0.05) is 124 Å². The first kappa shape index (κ1) is 69.8. The molecule has 6 aromatic heterocycles. The van der Waals surface area contributed by atoms with E-state index in [0.717, 1.165) is 68.5 Å². The summed E-state index contributed by atoms with van der Waals surface area (Å²) in [7, 11) is -3.60. The number of hydrogen-bond acceptors (Lipinski definition) is 21. The highest BCUT2D eigenvalue weighted by molar-refractivity contribution is 14.1. The number of hydrogen-bond donors (Lipinski definition) is 10. The van der Waals surface area contributed by atoms with Crippen molar-refractivity contribution in [3.63, 3.8) is 0 Å². The monoisotopic (exact) mass is 1540 g/mol. The topological polar surface area (TPSA) is 368 Å². The van der Waals surface area contributed by atoms with Gasteiger partial charge < -0.3 is 52.7 Å². The summed E-state index contributed by atoms with van der Waals surface area (Å²) in [5.74, 6) is -0.884. The van der Waals surface area contributed by atoms with E-state index in [1.165, 1.54) is 30.3 Å². The average molecular weight is 1540 g/mol. The molecule has 6 aromatic carbocycles. The SMILES string of the molecule is Cc1ccc(N)cc1Nc1nccc(-c2cccnc2)n1.Cc1ccc(NC(=O)c2ccc(I)c(O)c2)cc1Nc1nccc(-c2cccnc2)n1.Cc1ccc(NC(=O)c2ccc(S(C)(=O)=O)c(O)c2)cc1Nc1nccc(-c2cccnc2)n1.O=C(O)c1ccc(I)c(O)c1. The molecule has 27 heteroatoms. The molecule has 0 unspecified atom stereocenters. The van der Waals surface area contributed by atoms with Crippen LogP contribution in [0.4, 0.5) is 52.0 Å². The summed E-state index contributed by atoms with van der Waals surface area (Å²) in [6.07, 6.45) is 16.4. The first-order valence-electron chi connectivity index (χ1n) is 29.0. The molecule has 97 heavy (non-hydrogen) atoms. The van der Waals surface area contributed by atoms with Crippen LogP contribution in [-0.4, -0.2) is 97.7 Å². The van der Waals surface area contributed by atoms with Crippen LogP contribution >= 0.6 is 45.2 Å². The highest BCUT2D eigenvalue weighted by Gasteiger charge is 2.18. The number of sulfone groups is 1. The van der Waals surface area contributed by atoms with Gasteiger partial charge in [-0.2, -0.15) is 0 Å². The fraction of sp³-hybridized carbons (Fsp3) is 0.0571. The van der Waals surface area contributed by atoms with Gasteiger partial charge in [-0.3, -0.25) is 24.5 Å². The Morgan fingerprint density at radius 3 is 1.19 bits per heavy atom. The maximum Gasteiger partial charge on any atom is 0.335 e. The molecule has 0 aliphatic carbocycles. The summed E-state index contributed by atoms with van der Waals surface area (Å²) in [6, 6.07) is 46.1. The Labute approximate surface area is 584 Å². The van der Waals surface area contributed by atoms with Gasteiger partial charge in [0.15, 0.2) is 9.84 Å². The van der Waals surface area contributed by atoms with E-state index in [-0.39, 0.29) is 33.4 Å². The second-order valence-electron chi connectivity index (χ2n) is 21.0. The Balaban J connectivity index is 0.000000161. The molecule has 488 valence electrons. The molecule has 12 rings (SSSR count). The maximum absolute atomic E-state index is 12.7. The van der Waals surface area contributed by atoms with Gasteiger partial charge in [-0.05, 0) is 228 Å². The number of carboxylic acids is 1. The van der Waals surface area contributed by atoms with Crippen molar-refractivity contribution in [2.45, 2.75) is 25.7 Å². The van der Waals surface area contributed by atoms with Crippen LogP contribution in [0.1, 0.15) is 47.8 Å². The molecule has 0 spiro atoms. The van der Waals surface area contributed by atoms with Crippen LogP contribution < -0.4 is 32.3 Å². The Hall–Kier alpha value is -11.6. The molecular formula is C70H59I2N15O9S. The fourth-order valence-electron chi connectivity index (χ4n) is 8.76. The quantitative estimate of drug-likeness (QED) is 0.0337. The highest BCUT2D eigenvalue weighted by Crippen LogP contribution is 2.30. The first-order valence-corrected chi connectivity index (χ1v) is 33.0. The second kappa shape index (κ2) is 32.5. The standard InChI is InChI=1S/C24H21N5O4S.C23H18IN5O2.C16H15N5.C7H5IO3/c1-15-5-7-18(27-23(31)16-6-8-22(21(30)12-16)34(2,32)33)13-20(15)29-24-26-11-9-19(28-24)17-4-3-10-25-14-17;1-14-4-6-17(27-22(31)15-5-7-18(24)21(30)11-15)12-20(14)29-23-26-10-8-19(28-23)16-3-2-9-25-13-16;1-11-4-5-13(17)9-15(11)21-16-19-8-6-14(20-16)12-3-2-7-18-10-12;8-5-2-1-4(7(10)11)3-6(5)9/h3-14,30H,1-2H3,(H,27,31)(H,26,28,29);2-13,30H,1H3,(H,27,31)(H,26,28,29);2-10H,17H2,1H3,(H,19,20,21);1-3,9H,(H,10,11). The van der Waals surface area contributed by atoms with Crippen LogP contribution in [0.15, 0.2) is 224 Å². The number of aromatic nitrogens is 9. The van der Waals surface area contributed by atoms with Crippen LogP contribution in [0.25, 0.3) is 33.8 Å². The van der Waals surface area contributed by atoms with Crippen LogP contribution in [0.2, 0.25) is 0 Å². The second-order valence-corrected chi connectivity index (χ2v) is 25.3. The number of amides is 2. The van der Waals surface area contributed by atoms with Crippen molar-refractivity contribution < 1.29 is 43.2 Å². The third-order valence-electron chi connectivity index (χ3n) is 13.9. The van der Waals surface area contributed by atoms with Gasteiger partial charge in [0.05, 0.1) is 29.8 Å². The predicted octanol–water partition coefficient (Wildman–Crippen LogP) is 14.0. The van der Waals surface area contributed by atoms with Crippen LogP contribution in [0.3, 0.4) is 0 Å². The molecule has 12 aromatic rings. The number of aryl methyl sites for hydroxylation is 3. The third-order valence-corrected chi connectivity index (χ3v) is 16.8. The summed E-state index contributed by atoms with van der Waals surface area (Å²) in [5.41, 5.74) is 18.5. The Morgan fingerprint density at radius 2 is 0.814 bits per heavy atom.